The molecule has 29 heavy (non-hydrogen) atoms. The first-order valence-electron chi connectivity index (χ1n) is 8.67. The summed E-state index contributed by atoms with van der Waals surface area (Å²) < 4.78 is 70.8. The minimum Gasteiger partial charge on any atom is -0.484 e. The van der Waals surface area contributed by atoms with Crippen LogP contribution in [0, 0.1) is 5.92 Å². The molecule has 10 heteroatoms. The van der Waals surface area contributed by atoms with Crippen LogP contribution < -0.4 is 14.8 Å². The number of carbonyl (C=O) groups excluding carboxylic acids is 1. The molecule has 2 aromatic carbocycles. The number of para-hydroxylation sites is 1. The van der Waals surface area contributed by atoms with Gasteiger partial charge in [-0.25, -0.2) is 13.1 Å². The molecule has 0 spiro atoms. The Labute approximate surface area is 167 Å². The molecule has 0 atom stereocenters. The summed E-state index contributed by atoms with van der Waals surface area (Å²) >= 11 is 0. The van der Waals surface area contributed by atoms with Gasteiger partial charge in [0.05, 0.1) is 16.1 Å². The Morgan fingerprint density at radius 3 is 2.28 bits per heavy atom. The second kappa shape index (κ2) is 9.27. The van der Waals surface area contributed by atoms with Crippen LogP contribution in [0.4, 0.5) is 18.9 Å². The molecule has 0 aliphatic carbocycles. The predicted octanol–water partition coefficient (Wildman–Crippen LogP) is 3.66. The van der Waals surface area contributed by atoms with Gasteiger partial charge in [0.1, 0.15) is 5.75 Å². The predicted molar refractivity (Wildman–Crippen MR) is 102 cm³/mol. The summed E-state index contributed by atoms with van der Waals surface area (Å²) in [4.78, 5) is 12.0. The molecule has 0 fully saturated rings. The Bertz CT molecular complexity index is 943. The van der Waals surface area contributed by atoms with Crippen LogP contribution in [-0.2, 0) is 21.0 Å². The number of nitrogens with one attached hydrogen (secondary N) is 2. The van der Waals surface area contributed by atoms with Gasteiger partial charge in [-0.15, -0.1) is 0 Å². The van der Waals surface area contributed by atoms with Crippen molar-refractivity contribution in [3.05, 3.63) is 54.1 Å². The first-order valence-corrected chi connectivity index (χ1v) is 10.2. The molecule has 158 valence electrons. The number of benzene rings is 2. The average molecular weight is 430 g/mol. The maximum absolute atomic E-state index is 12.9. The molecule has 0 aromatic heterocycles. The SMILES string of the molecule is CC(C)CNS(=O)(=O)c1ccc(OCC(=O)Nc2ccccc2C(F)(F)F)cc1. The van der Waals surface area contributed by atoms with Crippen molar-refractivity contribution in [3.63, 3.8) is 0 Å². The van der Waals surface area contributed by atoms with Crippen LogP contribution >= 0.6 is 0 Å². The molecule has 6 nitrogen and oxygen atoms in total. The highest BCUT2D eigenvalue weighted by molar-refractivity contribution is 7.89. The normalized spacial score (nSPS) is 12.1. The van der Waals surface area contributed by atoms with Crippen LogP contribution in [0.1, 0.15) is 19.4 Å². The lowest BCUT2D eigenvalue weighted by Gasteiger charge is -2.14. The molecule has 0 saturated carbocycles. The number of carbonyl (C=O) groups is 1. The third-order valence-electron chi connectivity index (χ3n) is 3.69. The first-order chi connectivity index (χ1) is 13.5. The Morgan fingerprint density at radius 1 is 1.07 bits per heavy atom. The monoisotopic (exact) mass is 430 g/mol. The van der Waals surface area contributed by atoms with Crippen molar-refractivity contribution in [3.8, 4) is 5.75 Å². The second-order valence-corrected chi connectivity index (χ2v) is 8.36. The van der Waals surface area contributed by atoms with Crippen molar-refractivity contribution in [1.82, 2.24) is 4.72 Å². The topological polar surface area (TPSA) is 84.5 Å². The van der Waals surface area contributed by atoms with Gasteiger partial charge in [-0.3, -0.25) is 4.79 Å². The number of hydrogen-bond acceptors (Lipinski definition) is 4. The fourth-order valence-corrected chi connectivity index (χ4v) is 3.46. The van der Waals surface area contributed by atoms with Crippen LogP contribution in [0.25, 0.3) is 0 Å². The molecule has 0 unspecified atom stereocenters. The lowest BCUT2D eigenvalue weighted by molar-refractivity contribution is -0.137. The van der Waals surface area contributed by atoms with E-state index in [-0.39, 0.29) is 22.3 Å². The van der Waals surface area contributed by atoms with E-state index in [2.05, 4.69) is 10.0 Å². The molecule has 2 rings (SSSR count). The maximum atomic E-state index is 12.9. The van der Waals surface area contributed by atoms with Crippen LogP contribution in [-0.4, -0.2) is 27.5 Å². The van der Waals surface area contributed by atoms with Crippen molar-refractivity contribution in [2.75, 3.05) is 18.5 Å². The van der Waals surface area contributed by atoms with E-state index >= 15 is 0 Å². The summed E-state index contributed by atoms with van der Waals surface area (Å²) in [5, 5.41) is 2.16. The van der Waals surface area contributed by atoms with E-state index in [1.165, 1.54) is 36.4 Å². The zero-order valence-electron chi connectivity index (χ0n) is 15.8. The molecule has 1 amide bonds. The number of halogens is 3. The van der Waals surface area contributed by atoms with Gasteiger partial charge in [0.2, 0.25) is 10.0 Å². The van der Waals surface area contributed by atoms with E-state index in [4.69, 9.17) is 4.74 Å². The quantitative estimate of drug-likeness (QED) is 0.670. The first kappa shape index (κ1) is 22.7. The van der Waals surface area contributed by atoms with Crippen molar-refractivity contribution in [1.29, 1.82) is 0 Å². The number of ether oxygens (including phenoxy) is 1. The van der Waals surface area contributed by atoms with Gasteiger partial charge in [-0.1, -0.05) is 26.0 Å². The molecule has 2 N–H and O–H groups in total. The molecule has 0 saturated heterocycles. The molecular weight excluding hydrogens is 409 g/mol. The van der Waals surface area contributed by atoms with Crippen LogP contribution in [0.2, 0.25) is 0 Å². The fraction of sp³-hybridized carbons (Fsp3) is 0.316. The van der Waals surface area contributed by atoms with Crippen molar-refractivity contribution in [2.24, 2.45) is 5.92 Å². The molecule has 0 heterocycles. The van der Waals surface area contributed by atoms with Gasteiger partial charge in [0, 0.05) is 6.54 Å². The molecule has 0 aliphatic rings. The highest BCUT2D eigenvalue weighted by Gasteiger charge is 2.33. The fourth-order valence-electron chi connectivity index (χ4n) is 2.25. The minimum atomic E-state index is -4.60. The summed E-state index contributed by atoms with van der Waals surface area (Å²) in [6, 6.07) is 9.96. The van der Waals surface area contributed by atoms with Gasteiger partial charge >= 0.3 is 6.18 Å². The minimum absolute atomic E-state index is 0.0362. The van der Waals surface area contributed by atoms with Crippen LogP contribution in [0.15, 0.2) is 53.4 Å². The summed E-state index contributed by atoms with van der Waals surface area (Å²) in [6.07, 6.45) is -4.60. The van der Waals surface area contributed by atoms with Crippen molar-refractivity contribution >= 4 is 21.6 Å². The number of anilines is 1. The summed E-state index contributed by atoms with van der Waals surface area (Å²) in [6.45, 7) is 3.50. The smallest absolute Gasteiger partial charge is 0.418 e. The Hall–Kier alpha value is -2.59. The number of alkyl halides is 3. The van der Waals surface area contributed by atoms with Crippen LogP contribution in [0.5, 0.6) is 5.75 Å². The van der Waals surface area contributed by atoms with E-state index in [1.807, 2.05) is 13.8 Å². The number of sulfonamides is 1. The number of amides is 1. The Kier molecular flexibility index (Phi) is 7.26. The van der Waals surface area contributed by atoms with Gasteiger partial charge in [-0.05, 0) is 42.3 Å². The van der Waals surface area contributed by atoms with Crippen molar-refractivity contribution in [2.45, 2.75) is 24.9 Å². The summed E-state index contributed by atoms with van der Waals surface area (Å²) in [7, 11) is -3.65. The highest BCUT2D eigenvalue weighted by atomic mass is 32.2. The largest absolute Gasteiger partial charge is 0.484 e. The highest BCUT2D eigenvalue weighted by Crippen LogP contribution is 2.34. The Balaban J connectivity index is 1.96. The van der Waals surface area contributed by atoms with Gasteiger partial charge in [0.15, 0.2) is 6.61 Å². The van der Waals surface area contributed by atoms with E-state index in [0.29, 0.717) is 6.54 Å². The summed E-state index contributed by atoms with van der Waals surface area (Å²) in [5.41, 5.74) is -1.33. The maximum Gasteiger partial charge on any atom is 0.418 e. The Morgan fingerprint density at radius 2 is 1.69 bits per heavy atom. The van der Waals surface area contributed by atoms with E-state index in [9.17, 15) is 26.4 Å². The molecule has 0 radical (unpaired) electrons. The third kappa shape index (κ3) is 6.75. The molecule has 0 aliphatic heterocycles. The summed E-state index contributed by atoms with van der Waals surface area (Å²) in [5.74, 6) is -0.433. The average Bonchev–Trinajstić information content (AvgIpc) is 2.65. The van der Waals surface area contributed by atoms with Gasteiger partial charge < -0.3 is 10.1 Å². The zero-order chi connectivity index (χ0) is 21.7. The van der Waals surface area contributed by atoms with E-state index in [0.717, 1.165) is 12.1 Å². The molecule has 2 aromatic rings. The number of hydrogen-bond donors (Lipinski definition) is 2. The van der Waals surface area contributed by atoms with Gasteiger partial charge in [0.25, 0.3) is 5.91 Å². The van der Waals surface area contributed by atoms with Crippen LogP contribution in [0.3, 0.4) is 0 Å². The molecular formula is C19H21F3N2O4S. The zero-order valence-corrected chi connectivity index (χ0v) is 16.6. The van der Waals surface area contributed by atoms with Crippen molar-refractivity contribution < 1.29 is 31.1 Å². The standard InChI is InChI=1S/C19H21F3N2O4S/c1-13(2)11-23-29(26,27)15-9-7-14(8-10-15)28-12-18(25)24-17-6-4-3-5-16(17)19(20,21)22/h3-10,13,23H,11-12H2,1-2H3,(H,24,25). The third-order valence-corrected chi connectivity index (χ3v) is 5.13. The number of rotatable bonds is 8. The lowest BCUT2D eigenvalue weighted by atomic mass is 10.1. The van der Waals surface area contributed by atoms with E-state index < -0.39 is 34.3 Å². The van der Waals surface area contributed by atoms with E-state index in [1.54, 1.807) is 0 Å². The second-order valence-electron chi connectivity index (χ2n) is 6.60. The molecule has 0 bridgehead atoms. The van der Waals surface area contributed by atoms with Gasteiger partial charge in [-0.2, -0.15) is 13.2 Å². The lowest BCUT2D eigenvalue weighted by Crippen LogP contribution is -2.27.